The molecule has 0 radical (unpaired) electrons. The highest BCUT2D eigenvalue weighted by atomic mass is 16.5. The van der Waals surface area contributed by atoms with Gasteiger partial charge in [0.25, 0.3) is 0 Å². The van der Waals surface area contributed by atoms with Crippen LogP contribution in [0, 0.1) is 0 Å². The zero-order valence-corrected chi connectivity index (χ0v) is 17.2. The van der Waals surface area contributed by atoms with Crippen molar-refractivity contribution in [1.29, 1.82) is 0 Å². The van der Waals surface area contributed by atoms with Crippen LogP contribution in [0.4, 0.5) is 10.5 Å². The van der Waals surface area contributed by atoms with Crippen molar-refractivity contribution in [2.45, 2.75) is 6.54 Å². The van der Waals surface area contributed by atoms with Crippen molar-refractivity contribution in [2.75, 3.05) is 57.8 Å². The third-order valence-electron chi connectivity index (χ3n) is 5.65. The molecule has 0 unspecified atom stereocenters. The van der Waals surface area contributed by atoms with Gasteiger partial charge in [-0.25, -0.2) is 4.79 Å². The van der Waals surface area contributed by atoms with Gasteiger partial charge in [-0.2, -0.15) is 0 Å². The zero-order chi connectivity index (χ0) is 20.9. The largest absolute Gasteiger partial charge is 0.495 e. The fourth-order valence-corrected chi connectivity index (χ4v) is 3.97. The number of methoxy groups -OCH3 is 1. The molecular formula is C22H27N5O3. The Bertz CT molecular complexity index is 883. The minimum Gasteiger partial charge on any atom is -0.495 e. The maximum absolute atomic E-state index is 12.9. The molecule has 0 atom stereocenters. The predicted molar refractivity (Wildman–Crippen MR) is 113 cm³/mol. The zero-order valence-electron chi connectivity index (χ0n) is 17.2. The normalized spacial score (nSPS) is 17.5. The number of urea groups is 1. The van der Waals surface area contributed by atoms with E-state index in [4.69, 9.17) is 4.74 Å². The number of piperazine rings is 1. The number of benzene rings is 1. The lowest BCUT2D eigenvalue weighted by molar-refractivity contribution is -0.133. The fourth-order valence-electron chi connectivity index (χ4n) is 3.97. The molecule has 2 aromatic rings. The highest BCUT2D eigenvalue weighted by Crippen LogP contribution is 2.30. The highest BCUT2D eigenvalue weighted by Gasteiger charge is 2.33. The van der Waals surface area contributed by atoms with Crippen LogP contribution in [0.5, 0.6) is 5.75 Å². The van der Waals surface area contributed by atoms with Crippen LogP contribution in [0.3, 0.4) is 0 Å². The van der Waals surface area contributed by atoms with Gasteiger partial charge in [-0.1, -0.05) is 18.2 Å². The van der Waals surface area contributed by atoms with E-state index >= 15 is 0 Å². The number of pyridine rings is 1. The average Bonchev–Trinajstić information content (AvgIpc) is 3.14. The monoisotopic (exact) mass is 409 g/mol. The fraction of sp³-hybridized carbons (Fsp3) is 0.409. The van der Waals surface area contributed by atoms with Crippen LogP contribution in [0.1, 0.15) is 5.56 Å². The molecule has 8 nitrogen and oxygen atoms in total. The first-order chi connectivity index (χ1) is 14.7. The number of amides is 3. The average molecular weight is 409 g/mol. The summed E-state index contributed by atoms with van der Waals surface area (Å²) in [4.78, 5) is 37.3. The Balaban J connectivity index is 1.29. The van der Waals surface area contributed by atoms with E-state index in [1.165, 1.54) is 5.56 Å². The van der Waals surface area contributed by atoms with Crippen LogP contribution < -0.4 is 9.64 Å². The Labute approximate surface area is 176 Å². The standard InChI is InChI=1S/C22H27N5O3/c1-30-20-7-3-2-6-19(20)27-14-13-26(22(27)29)17-21(28)25-11-9-24(10-12-25)16-18-5-4-8-23-15-18/h2-8,15H,9-14,16-17H2,1H3. The smallest absolute Gasteiger partial charge is 0.325 e. The topological polar surface area (TPSA) is 69.2 Å². The summed E-state index contributed by atoms with van der Waals surface area (Å²) in [6.07, 6.45) is 3.65. The lowest BCUT2D eigenvalue weighted by atomic mass is 10.2. The van der Waals surface area contributed by atoms with Crippen LogP contribution >= 0.6 is 0 Å². The van der Waals surface area contributed by atoms with Gasteiger partial charge in [0, 0.05) is 58.2 Å². The number of carbonyl (C=O) groups is 2. The quantitative estimate of drug-likeness (QED) is 0.726. The van der Waals surface area contributed by atoms with Crippen molar-refractivity contribution in [3.8, 4) is 5.75 Å². The molecule has 1 aromatic heterocycles. The lowest BCUT2D eigenvalue weighted by Crippen LogP contribution is -2.51. The van der Waals surface area contributed by atoms with E-state index in [9.17, 15) is 9.59 Å². The molecular weight excluding hydrogens is 382 g/mol. The number of anilines is 1. The van der Waals surface area contributed by atoms with Crippen LogP contribution in [0.25, 0.3) is 0 Å². The number of rotatable bonds is 6. The van der Waals surface area contributed by atoms with Gasteiger partial charge in [-0.05, 0) is 23.8 Å². The van der Waals surface area contributed by atoms with Gasteiger partial charge in [0.1, 0.15) is 12.3 Å². The Hall–Kier alpha value is -3.13. The van der Waals surface area contributed by atoms with Gasteiger partial charge in [0.05, 0.1) is 12.8 Å². The number of aromatic nitrogens is 1. The van der Waals surface area contributed by atoms with Gasteiger partial charge in [-0.15, -0.1) is 0 Å². The van der Waals surface area contributed by atoms with Crippen LogP contribution in [0.15, 0.2) is 48.8 Å². The molecule has 0 bridgehead atoms. The van der Waals surface area contributed by atoms with Gasteiger partial charge < -0.3 is 14.5 Å². The van der Waals surface area contributed by atoms with Crippen LogP contribution in [-0.4, -0.2) is 84.5 Å². The molecule has 2 aliphatic rings. The summed E-state index contributed by atoms with van der Waals surface area (Å²) in [5.41, 5.74) is 1.92. The molecule has 3 amide bonds. The SMILES string of the molecule is COc1ccccc1N1CCN(CC(=O)N2CCN(Cc3cccnc3)CC2)C1=O. The van der Waals surface area contributed by atoms with Gasteiger partial charge >= 0.3 is 6.03 Å². The number of hydrogen-bond donors (Lipinski definition) is 0. The van der Waals surface area contributed by atoms with Gasteiger partial charge in [0.2, 0.25) is 5.91 Å². The second-order valence-electron chi connectivity index (χ2n) is 7.55. The summed E-state index contributed by atoms with van der Waals surface area (Å²) in [7, 11) is 1.59. The van der Waals surface area contributed by atoms with Crippen molar-refractivity contribution < 1.29 is 14.3 Å². The molecule has 1 aromatic carbocycles. The molecule has 3 heterocycles. The van der Waals surface area contributed by atoms with E-state index in [1.54, 1.807) is 23.1 Å². The van der Waals surface area contributed by atoms with E-state index in [0.717, 1.165) is 25.3 Å². The van der Waals surface area contributed by atoms with E-state index < -0.39 is 0 Å². The van der Waals surface area contributed by atoms with Crippen molar-refractivity contribution in [3.63, 3.8) is 0 Å². The molecule has 8 heteroatoms. The summed E-state index contributed by atoms with van der Waals surface area (Å²) >= 11 is 0. The minimum atomic E-state index is -0.150. The molecule has 2 fully saturated rings. The maximum Gasteiger partial charge on any atom is 0.325 e. The first kappa shape index (κ1) is 20.2. The molecule has 0 saturated carbocycles. The van der Waals surface area contributed by atoms with E-state index in [-0.39, 0.29) is 18.5 Å². The van der Waals surface area contributed by atoms with E-state index in [2.05, 4.69) is 16.0 Å². The molecule has 4 rings (SSSR count). The molecule has 2 aliphatic heterocycles. The van der Waals surface area contributed by atoms with Crippen molar-refractivity contribution in [3.05, 3.63) is 54.4 Å². The number of hydrogen-bond acceptors (Lipinski definition) is 5. The number of para-hydroxylation sites is 2. The predicted octanol–water partition coefficient (Wildman–Crippen LogP) is 1.68. The summed E-state index contributed by atoms with van der Waals surface area (Å²) in [6.45, 7) is 5.04. The number of ether oxygens (including phenoxy) is 1. The summed E-state index contributed by atoms with van der Waals surface area (Å²) in [6, 6.07) is 11.3. The number of carbonyl (C=O) groups excluding carboxylic acids is 2. The first-order valence-electron chi connectivity index (χ1n) is 10.2. The summed E-state index contributed by atoms with van der Waals surface area (Å²) in [5.74, 6) is 0.662. The van der Waals surface area contributed by atoms with Crippen LogP contribution in [0.2, 0.25) is 0 Å². The molecule has 0 spiro atoms. The molecule has 158 valence electrons. The summed E-state index contributed by atoms with van der Waals surface area (Å²) in [5, 5.41) is 0. The lowest BCUT2D eigenvalue weighted by Gasteiger charge is -2.35. The van der Waals surface area contributed by atoms with Crippen molar-refractivity contribution in [1.82, 2.24) is 19.7 Å². The van der Waals surface area contributed by atoms with E-state index in [1.807, 2.05) is 41.4 Å². The maximum atomic E-state index is 12.9. The van der Waals surface area contributed by atoms with Crippen LogP contribution in [-0.2, 0) is 11.3 Å². The Morgan fingerprint density at radius 1 is 1.03 bits per heavy atom. The third kappa shape index (κ3) is 4.38. The Morgan fingerprint density at radius 2 is 1.83 bits per heavy atom. The van der Waals surface area contributed by atoms with Gasteiger partial charge in [0.15, 0.2) is 0 Å². The molecule has 2 saturated heterocycles. The molecule has 0 aliphatic carbocycles. The molecule has 0 N–H and O–H groups in total. The Morgan fingerprint density at radius 3 is 2.57 bits per heavy atom. The highest BCUT2D eigenvalue weighted by molar-refractivity contribution is 5.97. The Kier molecular flexibility index (Phi) is 6.13. The van der Waals surface area contributed by atoms with E-state index in [0.29, 0.717) is 31.9 Å². The van der Waals surface area contributed by atoms with Gasteiger partial charge in [-0.3, -0.25) is 19.6 Å². The second-order valence-corrected chi connectivity index (χ2v) is 7.55. The number of nitrogens with zero attached hydrogens (tertiary/aromatic N) is 5. The van der Waals surface area contributed by atoms with Crippen molar-refractivity contribution >= 4 is 17.6 Å². The van der Waals surface area contributed by atoms with Crippen molar-refractivity contribution in [2.24, 2.45) is 0 Å². The third-order valence-corrected chi connectivity index (χ3v) is 5.65. The first-order valence-corrected chi connectivity index (χ1v) is 10.2. The summed E-state index contributed by atoms with van der Waals surface area (Å²) < 4.78 is 5.37. The second kappa shape index (κ2) is 9.13. The molecule has 30 heavy (non-hydrogen) atoms. The minimum absolute atomic E-state index is 0.00579.